The maximum absolute atomic E-state index is 5.18. The van der Waals surface area contributed by atoms with Crippen LogP contribution in [0.15, 0.2) is 0 Å². The van der Waals surface area contributed by atoms with Crippen LogP contribution in [-0.4, -0.2) is 13.2 Å². The topological polar surface area (TPSA) is 9.23 Å². The van der Waals surface area contributed by atoms with Crippen molar-refractivity contribution in [2.45, 2.75) is 26.2 Å². The van der Waals surface area contributed by atoms with Gasteiger partial charge in [-0.1, -0.05) is 13.3 Å². The minimum absolute atomic E-state index is 0. The van der Waals surface area contributed by atoms with E-state index in [2.05, 4.69) is 13.8 Å². The first-order chi connectivity index (χ1) is 3.91. The molecule has 0 bridgehead atoms. The van der Waals surface area contributed by atoms with Crippen molar-refractivity contribution in [3.63, 3.8) is 0 Å². The molecule has 50 valence electrons. The van der Waals surface area contributed by atoms with E-state index in [9.17, 15) is 0 Å². The largest absolute Gasteiger partial charge is 1.00 e. The zero-order chi connectivity index (χ0) is 6.24. The molecule has 0 fully saturated rings. The van der Waals surface area contributed by atoms with Crippen LogP contribution < -0.4 is 18.9 Å². The standard InChI is InChI=1S/C7H15O.Li/c1-3-5-7-8-6-4-2;/h1,3-7H2,2H3;/q-1;+1. The van der Waals surface area contributed by atoms with Crippen LogP contribution in [0.5, 0.6) is 0 Å². The molecule has 0 aromatic carbocycles. The predicted molar refractivity (Wildman–Crippen MR) is 35.7 cm³/mol. The maximum Gasteiger partial charge on any atom is 1.00 e. The van der Waals surface area contributed by atoms with E-state index in [0.717, 1.165) is 32.5 Å². The van der Waals surface area contributed by atoms with Crippen LogP contribution in [0.2, 0.25) is 0 Å². The molecule has 0 aliphatic rings. The van der Waals surface area contributed by atoms with Crippen molar-refractivity contribution in [2.24, 2.45) is 0 Å². The molecule has 0 aliphatic carbocycles. The molecule has 1 nitrogen and oxygen atoms in total. The Hall–Kier alpha value is 0.557. The van der Waals surface area contributed by atoms with Gasteiger partial charge in [0.15, 0.2) is 0 Å². The maximum atomic E-state index is 5.18. The minimum atomic E-state index is 0. The Labute approximate surface area is 70.3 Å². The normalized spacial score (nSPS) is 8.67. The third-order valence-corrected chi connectivity index (χ3v) is 0.887. The van der Waals surface area contributed by atoms with Crippen LogP contribution in [0, 0.1) is 6.92 Å². The molecule has 0 atom stereocenters. The zero-order valence-electron chi connectivity index (χ0n) is 6.65. The average molecular weight is 122 g/mol. The van der Waals surface area contributed by atoms with Crippen molar-refractivity contribution < 1.29 is 23.6 Å². The Kier molecular flexibility index (Phi) is 15.5. The number of rotatable bonds is 5. The van der Waals surface area contributed by atoms with Crippen molar-refractivity contribution in [1.29, 1.82) is 0 Å². The first kappa shape index (κ1) is 12.3. The summed E-state index contributed by atoms with van der Waals surface area (Å²) in [6.45, 7) is 7.61. The number of ether oxygens (including phenoxy) is 1. The summed E-state index contributed by atoms with van der Waals surface area (Å²) < 4.78 is 5.18. The van der Waals surface area contributed by atoms with Crippen molar-refractivity contribution in [1.82, 2.24) is 0 Å². The van der Waals surface area contributed by atoms with Crippen molar-refractivity contribution in [2.75, 3.05) is 13.2 Å². The fourth-order valence-corrected chi connectivity index (χ4v) is 0.451. The van der Waals surface area contributed by atoms with Crippen LogP contribution in [0.25, 0.3) is 0 Å². The average Bonchev–Trinajstić information content (AvgIpc) is 1.81. The van der Waals surface area contributed by atoms with Gasteiger partial charge >= 0.3 is 18.9 Å². The second-order valence-electron chi connectivity index (χ2n) is 1.82. The Morgan fingerprint density at radius 2 is 2.00 bits per heavy atom. The molecule has 0 unspecified atom stereocenters. The van der Waals surface area contributed by atoms with E-state index in [1.807, 2.05) is 0 Å². The molecule has 0 amide bonds. The van der Waals surface area contributed by atoms with Gasteiger partial charge in [-0.15, -0.1) is 0 Å². The third kappa shape index (κ3) is 11.9. The number of unbranched alkanes of at least 4 members (excludes halogenated alkanes) is 1. The molecule has 0 spiro atoms. The molecule has 0 saturated heterocycles. The monoisotopic (exact) mass is 122 g/mol. The van der Waals surface area contributed by atoms with Crippen LogP contribution in [0.1, 0.15) is 26.2 Å². The molecule has 0 N–H and O–H groups in total. The van der Waals surface area contributed by atoms with Gasteiger partial charge in [-0.25, -0.2) is 0 Å². The van der Waals surface area contributed by atoms with Crippen LogP contribution in [0.3, 0.4) is 0 Å². The molecule has 0 aromatic heterocycles. The van der Waals surface area contributed by atoms with Gasteiger partial charge in [0.2, 0.25) is 0 Å². The second kappa shape index (κ2) is 11.4. The van der Waals surface area contributed by atoms with E-state index in [4.69, 9.17) is 4.74 Å². The molecule has 2 heteroatoms. The van der Waals surface area contributed by atoms with E-state index in [1.165, 1.54) is 0 Å². The zero-order valence-corrected chi connectivity index (χ0v) is 6.65. The molecular formula is C7H15LiO. The summed E-state index contributed by atoms with van der Waals surface area (Å²) in [6.07, 6.45) is 3.21. The molecule has 0 aliphatic heterocycles. The van der Waals surface area contributed by atoms with Crippen molar-refractivity contribution in [3.05, 3.63) is 6.92 Å². The molecule has 0 saturated carbocycles. The van der Waals surface area contributed by atoms with Gasteiger partial charge in [0.1, 0.15) is 0 Å². The molecule has 9 heavy (non-hydrogen) atoms. The minimum Gasteiger partial charge on any atom is -0.382 e. The first-order valence-corrected chi connectivity index (χ1v) is 3.28. The second-order valence-corrected chi connectivity index (χ2v) is 1.82. The summed E-state index contributed by atoms with van der Waals surface area (Å²) in [5, 5.41) is 0. The number of hydrogen-bond donors (Lipinski definition) is 0. The van der Waals surface area contributed by atoms with Gasteiger partial charge in [0.05, 0.1) is 0 Å². The fraction of sp³-hybridized carbons (Fsp3) is 0.857. The molecule has 0 aromatic rings. The third-order valence-electron chi connectivity index (χ3n) is 0.887. The van der Waals surface area contributed by atoms with Gasteiger partial charge in [0.25, 0.3) is 0 Å². The molecule has 0 rings (SSSR count). The Morgan fingerprint density at radius 3 is 2.44 bits per heavy atom. The summed E-state index contributed by atoms with van der Waals surface area (Å²) in [4.78, 5) is 0. The van der Waals surface area contributed by atoms with Gasteiger partial charge in [-0.2, -0.15) is 6.42 Å². The van der Waals surface area contributed by atoms with Crippen molar-refractivity contribution >= 4 is 0 Å². The van der Waals surface area contributed by atoms with Gasteiger partial charge < -0.3 is 11.7 Å². The summed E-state index contributed by atoms with van der Waals surface area (Å²) in [5.41, 5.74) is 0. The molecule has 0 radical (unpaired) electrons. The fourth-order valence-electron chi connectivity index (χ4n) is 0.451. The molecular weight excluding hydrogens is 107 g/mol. The molecule has 0 heterocycles. The van der Waals surface area contributed by atoms with Crippen LogP contribution in [0.4, 0.5) is 0 Å². The number of hydrogen-bond acceptors (Lipinski definition) is 1. The van der Waals surface area contributed by atoms with E-state index >= 15 is 0 Å². The summed E-state index contributed by atoms with van der Waals surface area (Å²) in [6, 6.07) is 0. The van der Waals surface area contributed by atoms with E-state index in [1.54, 1.807) is 0 Å². The van der Waals surface area contributed by atoms with E-state index < -0.39 is 0 Å². The van der Waals surface area contributed by atoms with E-state index in [-0.39, 0.29) is 18.9 Å². The Balaban J connectivity index is 0. The summed E-state index contributed by atoms with van der Waals surface area (Å²) in [5.74, 6) is 0. The smallest absolute Gasteiger partial charge is 0.382 e. The van der Waals surface area contributed by atoms with Gasteiger partial charge in [-0.3, -0.25) is 0 Å². The van der Waals surface area contributed by atoms with Crippen molar-refractivity contribution in [3.8, 4) is 0 Å². The summed E-state index contributed by atoms with van der Waals surface area (Å²) >= 11 is 0. The quantitative estimate of drug-likeness (QED) is 0.259. The first-order valence-electron chi connectivity index (χ1n) is 3.28. The Morgan fingerprint density at radius 1 is 1.33 bits per heavy atom. The Bertz CT molecular complexity index is 33.9. The predicted octanol–water partition coefficient (Wildman–Crippen LogP) is -0.969. The van der Waals surface area contributed by atoms with E-state index in [0.29, 0.717) is 0 Å². The van der Waals surface area contributed by atoms with Gasteiger partial charge in [0, 0.05) is 13.2 Å². The summed E-state index contributed by atoms with van der Waals surface area (Å²) in [7, 11) is 0. The van der Waals surface area contributed by atoms with Crippen LogP contribution >= 0.6 is 0 Å². The SMILES string of the molecule is [CH2-]CCCOCCC.[Li+]. The van der Waals surface area contributed by atoms with Gasteiger partial charge in [-0.05, 0) is 6.42 Å². The van der Waals surface area contributed by atoms with Crippen LogP contribution in [-0.2, 0) is 4.74 Å².